The first-order chi connectivity index (χ1) is 7.72. The lowest BCUT2D eigenvalue weighted by molar-refractivity contribution is 0.377. The summed E-state index contributed by atoms with van der Waals surface area (Å²) in [4.78, 5) is 2.05. The quantitative estimate of drug-likeness (QED) is 0.742. The van der Waals surface area contributed by atoms with Crippen molar-refractivity contribution >= 4 is 5.82 Å². The van der Waals surface area contributed by atoms with Crippen molar-refractivity contribution in [2.24, 2.45) is 11.7 Å². The normalized spacial score (nSPS) is 25.2. The van der Waals surface area contributed by atoms with Crippen molar-refractivity contribution in [1.82, 2.24) is 10.2 Å². The molecule has 0 bridgehead atoms. The zero-order valence-corrected chi connectivity index (χ0v) is 9.30. The van der Waals surface area contributed by atoms with Gasteiger partial charge in [-0.3, -0.25) is 0 Å². The van der Waals surface area contributed by atoms with Crippen LogP contribution in [0.4, 0.5) is 5.82 Å². The van der Waals surface area contributed by atoms with Gasteiger partial charge in [0.1, 0.15) is 6.07 Å². The largest absolute Gasteiger partial charge is 0.352 e. The van der Waals surface area contributed by atoms with E-state index in [-0.39, 0.29) is 6.04 Å². The first-order valence-electron chi connectivity index (χ1n) is 5.44. The zero-order valence-electron chi connectivity index (χ0n) is 9.30. The molecule has 2 atom stereocenters. The van der Waals surface area contributed by atoms with Gasteiger partial charge in [0.2, 0.25) is 0 Å². The van der Waals surface area contributed by atoms with E-state index in [9.17, 15) is 0 Å². The summed E-state index contributed by atoms with van der Waals surface area (Å²) in [7, 11) is 0. The highest BCUT2D eigenvalue weighted by atomic mass is 15.3. The minimum Gasteiger partial charge on any atom is -0.352 e. The summed E-state index contributed by atoms with van der Waals surface area (Å²) in [5, 5.41) is 16.9. The van der Waals surface area contributed by atoms with Crippen LogP contribution in [0.3, 0.4) is 0 Å². The lowest BCUT2D eigenvalue weighted by Gasteiger charge is -2.35. The number of nitriles is 1. The molecule has 1 aliphatic rings. The van der Waals surface area contributed by atoms with Gasteiger partial charge in [-0.1, -0.05) is 6.92 Å². The molecule has 16 heavy (non-hydrogen) atoms. The van der Waals surface area contributed by atoms with Gasteiger partial charge < -0.3 is 10.6 Å². The van der Waals surface area contributed by atoms with E-state index in [2.05, 4.69) is 28.1 Å². The van der Waals surface area contributed by atoms with Gasteiger partial charge >= 0.3 is 0 Å². The van der Waals surface area contributed by atoms with Crippen LogP contribution in [0.5, 0.6) is 0 Å². The maximum absolute atomic E-state index is 8.99. The molecule has 2 rings (SSSR count). The minimum absolute atomic E-state index is 0.141. The summed E-state index contributed by atoms with van der Waals surface area (Å²) < 4.78 is 0. The van der Waals surface area contributed by atoms with E-state index >= 15 is 0 Å². The van der Waals surface area contributed by atoms with Crippen LogP contribution in [0.2, 0.25) is 0 Å². The Morgan fingerprint density at radius 2 is 2.44 bits per heavy atom. The lowest BCUT2D eigenvalue weighted by atomic mass is 9.94. The Morgan fingerprint density at radius 3 is 3.12 bits per heavy atom. The van der Waals surface area contributed by atoms with Crippen LogP contribution in [-0.4, -0.2) is 29.3 Å². The maximum atomic E-state index is 8.99. The van der Waals surface area contributed by atoms with Gasteiger partial charge in [0.15, 0.2) is 5.82 Å². The molecular weight excluding hydrogens is 202 g/mol. The van der Waals surface area contributed by atoms with E-state index in [1.54, 1.807) is 6.07 Å². The topological polar surface area (TPSA) is 78.8 Å². The predicted octanol–water partition coefficient (Wildman–Crippen LogP) is 0.522. The minimum atomic E-state index is 0.141. The third-order valence-corrected chi connectivity index (χ3v) is 3.14. The molecule has 1 saturated heterocycles. The number of hydrogen-bond donors (Lipinski definition) is 1. The van der Waals surface area contributed by atoms with E-state index in [0.717, 1.165) is 19.5 Å². The average molecular weight is 217 g/mol. The van der Waals surface area contributed by atoms with Crippen LogP contribution < -0.4 is 10.6 Å². The molecule has 84 valence electrons. The molecule has 2 heterocycles. The van der Waals surface area contributed by atoms with E-state index < -0.39 is 0 Å². The van der Waals surface area contributed by atoms with E-state index in [4.69, 9.17) is 11.0 Å². The van der Waals surface area contributed by atoms with E-state index in [1.165, 1.54) is 6.20 Å². The zero-order chi connectivity index (χ0) is 11.5. The average Bonchev–Trinajstić information content (AvgIpc) is 2.32. The molecule has 1 aliphatic heterocycles. The molecule has 2 unspecified atom stereocenters. The van der Waals surface area contributed by atoms with Gasteiger partial charge in [0.25, 0.3) is 0 Å². The van der Waals surface area contributed by atoms with Crippen molar-refractivity contribution in [1.29, 1.82) is 5.26 Å². The van der Waals surface area contributed by atoms with Gasteiger partial charge in [0.05, 0.1) is 11.8 Å². The summed E-state index contributed by atoms with van der Waals surface area (Å²) in [6.07, 6.45) is 2.57. The first-order valence-corrected chi connectivity index (χ1v) is 5.44. The van der Waals surface area contributed by atoms with E-state index in [1.807, 2.05) is 0 Å². The molecule has 0 spiro atoms. The molecule has 2 N–H and O–H groups in total. The first kappa shape index (κ1) is 10.8. The Morgan fingerprint density at radius 1 is 1.62 bits per heavy atom. The van der Waals surface area contributed by atoms with Crippen LogP contribution in [0.15, 0.2) is 12.3 Å². The van der Waals surface area contributed by atoms with Crippen LogP contribution in [0.1, 0.15) is 18.9 Å². The highest BCUT2D eigenvalue weighted by molar-refractivity contribution is 5.52. The number of rotatable bonds is 1. The van der Waals surface area contributed by atoms with Crippen LogP contribution >= 0.6 is 0 Å². The third kappa shape index (κ3) is 1.97. The number of aromatic nitrogens is 2. The van der Waals surface area contributed by atoms with Crippen molar-refractivity contribution in [3.8, 4) is 6.07 Å². The number of nitrogens with zero attached hydrogens (tertiary/aromatic N) is 4. The second-order valence-corrected chi connectivity index (χ2v) is 4.26. The Bertz CT molecular complexity index is 411. The van der Waals surface area contributed by atoms with E-state index in [0.29, 0.717) is 17.3 Å². The second-order valence-electron chi connectivity index (χ2n) is 4.26. The SMILES string of the molecule is CC1CCN(c2nnccc2C#N)CC1N. The summed E-state index contributed by atoms with van der Waals surface area (Å²) in [6.45, 7) is 3.79. The summed E-state index contributed by atoms with van der Waals surface area (Å²) >= 11 is 0. The van der Waals surface area contributed by atoms with Crippen LogP contribution in [0, 0.1) is 17.2 Å². The van der Waals surface area contributed by atoms with Crippen molar-refractivity contribution in [2.45, 2.75) is 19.4 Å². The molecule has 1 aromatic heterocycles. The Balaban J connectivity index is 2.22. The predicted molar refractivity (Wildman–Crippen MR) is 60.7 cm³/mol. The van der Waals surface area contributed by atoms with Gasteiger partial charge in [-0.05, 0) is 18.4 Å². The van der Waals surface area contributed by atoms with Crippen molar-refractivity contribution in [2.75, 3.05) is 18.0 Å². The Kier molecular flexibility index (Phi) is 3.02. The number of nitrogens with two attached hydrogens (primary N) is 1. The molecule has 0 saturated carbocycles. The van der Waals surface area contributed by atoms with Crippen LogP contribution in [0.25, 0.3) is 0 Å². The molecule has 0 radical (unpaired) electrons. The Labute approximate surface area is 94.9 Å². The van der Waals surface area contributed by atoms with Gasteiger partial charge in [-0.25, -0.2) is 0 Å². The Hall–Kier alpha value is -1.67. The van der Waals surface area contributed by atoms with Gasteiger partial charge in [0, 0.05) is 19.1 Å². The molecule has 5 heteroatoms. The fourth-order valence-corrected chi connectivity index (χ4v) is 1.94. The molecule has 1 aromatic rings. The lowest BCUT2D eigenvalue weighted by Crippen LogP contribution is -2.48. The van der Waals surface area contributed by atoms with Crippen molar-refractivity contribution in [3.63, 3.8) is 0 Å². The standard InChI is InChI=1S/C11H15N5/c1-8-3-5-16(7-10(8)13)11-9(6-12)2-4-14-15-11/h2,4,8,10H,3,5,7,13H2,1H3. The van der Waals surface area contributed by atoms with Gasteiger partial charge in [-0.15, -0.1) is 5.10 Å². The summed E-state index contributed by atoms with van der Waals surface area (Å²) in [6, 6.07) is 3.96. The smallest absolute Gasteiger partial charge is 0.169 e. The van der Waals surface area contributed by atoms with Crippen LogP contribution in [-0.2, 0) is 0 Å². The molecule has 1 fully saturated rings. The molecular formula is C11H15N5. The highest BCUT2D eigenvalue weighted by Crippen LogP contribution is 2.22. The summed E-state index contributed by atoms with van der Waals surface area (Å²) in [5.41, 5.74) is 6.59. The number of hydrogen-bond acceptors (Lipinski definition) is 5. The highest BCUT2D eigenvalue weighted by Gasteiger charge is 2.25. The monoisotopic (exact) mass is 217 g/mol. The molecule has 0 amide bonds. The molecule has 5 nitrogen and oxygen atoms in total. The summed E-state index contributed by atoms with van der Waals surface area (Å²) in [5.74, 6) is 1.19. The van der Waals surface area contributed by atoms with Crippen molar-refractivity contribution in [3.05, 3.63) is 17.8 Å². The third-order valence-electron chi connectivity index (χ3n) is 3.14. The maximum Gasteiger partial charge on any atom is 0.169 e. The fourth-order valence-electron chi connectivity index (χ4n) is 1.94. The number of anilines is 1. The fraction of sp³-hybridized carbons (Fsp3) is 0.545. The van der Waals surface area contributed by atoms with Crippen molar-refractivity contribution < 1.29 is 0 Å². The second kappa shape index (κ2) is 4.45. The number of piperidine rings is 1. The molecule has 0 aliphatic carbocycles. The molecule has 0 aromatic carbocycles. The van der Waals surface area contributed by atoms with Gasteiger partial charge in [-0.2, -0.15) is 10.4 Å².